The van der Waals surface area contributed by atoms with Gasteiger partial charge in [0.1, 0.15) is 0 Å². The molecule has 0 amide bonds. The van der Waals surface area contributed by atoms with Crippen molar-refractivity contribution in [2.24, 2.45) is 16.8 Å². The van der Waals surface area contributed by atoms with Crippen LogP contribution >= 0.6 is 0 Å². The summed E-state index contributed by atoms with van der Waals surface area (Å²) in [7, 11) is -3.01. The molecule has 7 heteroatoms. The minimum atomic E-state index is -3.01. The van der Waals surface area contributed by atoms with Crippen molar-refractivity contribution in [1.29, 1.82) is 0 Å². The lowest BCUT2D eigenvalue weighted by molar-refractivity contribution is 0.402. The van der Waals surface area contributed by atoms with Crippen LogP contribution in [0.3, 0.4) is 0 Å². The second-order valence-electron chi connectivity index (χ2n) is 7.03. The Morgan fingerprint density at radius 3 is 2.74 bits per heavy atom. The van der Waals surface area contributed by atoms with Crippen molar-refractivity contribution in [2.75, 3.05) is 45.0 Å². The van der Waals surface area contributed by atoms with Gasteiger partial charge in [0.05, 0.1) is 12.3 Å². The Morgan fingerprint density at radius 2 is 2.13 bits per heavy atom. The number of likely N-dealkylation sites (tertiary alicyclic amines) is 1. The van der Waals surface area contributed by atoms with Crippen molar-refractivity contribution in [3.05, 3.63) is 0 Å². The third-order valence-electron chi connectivity index (χ3n) is 4.54. The molecule has 1 unspecified atom stereocenters. The van der Waals surface area contributed by atoms with Crippen LogP contribution in [0.5, 0.6) is 0 Å². The van der Waals surface area contributed by atoms with Gasteiger partial charge in [-0.15, -0.1) is 0 Å². The largest absolute Gasteiger partial charge is 0.357 e. The molecule has 0 aromatic heterocycles. The Bertz CT molecular complexity index is 504. The number of nitrogens with one attached hydrogen (secondary N) is 1. The summed E-state index contributed by atoms with van der Waals surface area (Å²) < 4.78 is 25.2. The molecule has 0 aromatic carbocycles. The number of hydrogen-bond acceptors (Lipinski definition) is 3. The van der Waals surface area contributed by atoms with Gasteiger partial charge in [0, 0.05) is 32.7 Å². The van der Waals surface area contributed by atoms with Gasteiger partial charge in [0.15, 0.2) is 5.96 Å². The van der Waals surface area contributed by atoms with Crippen LogP contribution in [0, 0.1) is 11.8 Å². The zero-order valence-electron chi connectivity index (χ0n) is 14.8. The van der Waals surface area contributed by atoms with Gasteiger partial charge in [0.25, 0.3) is 0 Å². The third-order valence-corrected chi connectivity index (χ3v) is 6.50. The molecule has 6 nitrogen and oxygen atoms in total. The fourth-order valence-corrected chi connectivity index (χ4v) is 5.04. The number of nitrogens with zero attached hydrogens (tertiary/aromatic N) is 3. The van der Waals surface area contributed by atoms with E-state index in [0.29, 0.717) is 25.4 Å². The quantitative estimate of drug-likeness (QED) is 0.584. The molecule has 2 aliphatic rings. The molecule has 0 spiro atoms. The van der Waals surface area contributed by atoms with Crippen molar-refractivity contribution in [2.45, 2.75) is 40.0 Å². The topological polar surface area (TPSA) is 65.0 Å². The van der Waals surface area contributed by atoms with Crippen LogP contribution in [0.2, 0.25) is 0 Å². The maximum absolute atomic E-state index is 11.8. The van der Waals surface area contributed by atoms with Gasteiger partial charge in [-0.25, -0.2) is 12.7 Å². The SMILES string of the molecule is CCNC(=NCCN1CCCS1(=O)=O)N1CCC(CC(C)C)C1. The third kappa shape index (κ3) is 5.35. The molecule has 1 atom stereocenters. The van der Waals surface area contributed by atoms with Crippen molar-refractivity contribution < 1.29 is 8.42 Å². The van der Waals surface area contributed by atoms with E-state index < -0.39 is 10.0 Å². The molecular weight excluding hydrogens is 312 g/mol. The van der Waals surface area contributed by atoms with Gasteiger partial charge in [0.2, 0.25) is 10.0 Å². The van der Waals surface area contributed by atoms with Gasteiger partial charge in [-0.3, -0.25) is 4.99 Å². The number of aliphatic imine (C=N–C) groups is 1. The van der Waals surface area contributed by atoms with Crippen molar-refractivity contribution >= 4 is 16.0 Å². The Balaban J connectivity index is 1.88. The van der Waals surface area contributed by atoms with E-state index in [1.54, 1.807) is 4.31 Å². The highest BCUT2D eigenvalue weighted by Crippen LogP contribution is 2.23. The van der Waals surface area contributed by atoms with E-state index in [9.17, 15) is 8.42 Å². The van der Waals surface area contributed by atoms with Crippen LogP contribution in [0.4, 0.5) is 0 Å². The smallest absolute Gasteiger partial charge is 0.214 e. The highest BCUT2D eigenvalue weighted by atomic mass is 32.2. The van der Waals surface area contributed by atoms with Gasteiger partial charge in [-0.2, -0.15) is 0 Å². The first-order valence-corrected chi connectivity index (χ1v) is 10.5. The summed E-state index contributed by atoms with van der Waals surface area (Å²) in [4.78, 5) is 6.99. The maximum Gasteiger partial charge on any atom is 0.214 e. The number of hydrogen-bond donors (Lipinski definition) is 1. The monoisotopic (exact) mass is 344 g/mol. The van der Waals surface area contributed by atoms with E-state index in [2.05, 4.69) is 36.0 Å². The Labute approximate surface area is 141 Å². The molecule has 0 saturated carbocycles. The molecule has 1 N–H and O–H groups in total. The summed E-state index contributed by atoms with van der Waals surface area (Å²) in [6, 6.07) is 0. The molecule has 0 radical (unpaired) electrons. The first kappa shape index (κ1) is 18.5. The minimum Gasteiger partial charge on any atom is -0.357 e. The first-order chi connectivity index (χ1) is 10.9. The maximum atomic E-state index is 11.8. The van der Waals surface area contributed by atoms with E-state index in [1.165, 1.54) is 12.8 Å². The summed E-state index contributed by atoms with van der Waals surface area (Å²) in [5, 5.41) is 3.35. The van der Waals surface area contributed by atoms with Gasteiger partial charge < -0.3 is 10.2 Å². The number of rotatable bonds is 6. The van der Waals surface area contributed by atoms with Crippen LogP contribution in [-0.4, -0.2) is 68.6 Å². The number of sulfonamides is 1. The minimum absolute atomic E-state index is 0.291. The summed E-state index contributed by atoms with van der Waals surface area (Å²) in [6.45, 7) is 11.3. The molecule has 23 heavy (non-hydrogen) atoms. The fraction of sp³-hybridized carbons (Fsp3) is 0.938. The van der Waals surface area contributed by atoms with Crippen LogP contribution in [0.1, 0.15) is 40.0 Å². The van der Waals surface area contributed by atoms with Crippen molar-refractivity contribution in [3.8, 4) is 0 Å². The Hall–Kier alpha value is -0.820. The summed E-state index contributed by atoms with van der Waals surface area (Å²) in [6.07, 6.45) is 3.24. The molecule has 2 fully saturated rings. The molecule has 134 valence electrons. The molecule has 2 heterocycles. The number of guanidine groups is 1. The Morgan fingerprint density at radius 1 is 1.35 bits per heavy atom. The predicted molar refractivity (Wildman–Crippen MR) is 95.1 cm³/mol. The van der Waals surface area contributed by atoms with E-state index in [1.807, 2.05) is 0 Å². The van der Waals surface area contributed by atoms with Crippen LogP contribution in [0.15, 0.2) is 4.99 Å². The molecule has 2 aliphatic heterocycles. The highest BCUT2D eigenvalue weighted by molar-refractivity contribution is 7.89. The van der Waals surface area contributed by atoms with Gasteiger partial charge >= 0.3 is 0 Å². The normalized spacial score (nSPS) is 25.5. The summed E-state index contributed by atoms with van der Waals surface area (Å²) >= 11 is 0. The highest BCUT2D eigenvalue weighted by Gasteiger charge is 2.28. The standard InChI is InChI=1S/C16H32N4O2S/c1-4-17-16(19-9-6-15(13-19)12-14(2)3)18-7-10-20-8-5-11-23(20,21)22/h14-15H,4-13H2,1-3H3,(H,17,18). The average Bonchev–Trinajstić information content (AvgIpc) is 3.04. The molecule has 0 aromatic rings. The lowest BCUT2D eigenvalue weighted by Gasteiger charge is -2.22. The zero-order chi connectivity index (χ0) is 16.9. The molecule has 0 bridgehead atoms. The predicted octanol–water partition coefficient (Wildman–Crippen LogP) is 1.36. The van der Waals surface area contributed by atoms with E-state index in [4.69, 9.17) is 0 Å². The van der Waals surface area contributed by atoms with Crippen LogP contribution in [0.25, 0.3) is 0 Å². The van der Waals surface area contributed by atoms with Gasteiger partial charge in [-0.1, -0.05) is 13.8 Å². The fourth-order valence-electron chi connectivity index (χ4n) is 3.52. The van der Waals surface area contributed by atoms with Crippen LogP contribution < -0.4 is 5.32 Å². The second kappa shape index (κ2) is 8.33. The molecular formula is C16H32N4O2S. The van der Waals surface area contributed by atoms with Crippen molar-refractivity contribution in [3.63, 3.8) is 0 Å². The first-order valence-electron chi connectivity index (χ1n) is 8.93. The van der Waals surface area contributed by atoms with Gasteiger partial charge in [-0.05, 0) is 38.0 Å². The zero-order valence-corrected chi connectivity index (χ0v) is 15.6. The molecule has 0 aliphatic carbocycles. The summed E-state index contributed by atoms with van der Waals surface area (Å²) in [5.74, 6) is 2.72. The van der Waals surface area contributed by atoms with E-state index in [-0.39, 0.29) is 0 Å². The van der Waals surface area contributed by atoms with Crippen LogP contribution in [-0.2, 0) is 10.0 Å². The molecule has 2 rings (SSSR count). The van der Waals surface area contributed by atoms with E-state index >= 15 is 0 Å². The second-order valence-corrected chi connectivity index (χ2v) is 9.12. The summed E-state index contributed by atoms with van der Waals surface area (Å²) in [5.41, 5.74) is 0. The average molecular weight is 345 g/mol. The van der Waals surface area contributed by atoms with E-state index in [0.717, 1.165) is 43.9 Å². The Kier molecular flexibility index (Phi) is 6.71. The van der Waals surface area contributed by atoms with Crippen molar-refractivity contribution in [1.82, 2.24) is 14.5 Å². The molecule has 2 saturated heterocycles. The lowest BCUT2D eigenvalue weighted by Crippen LogP contribution is -2.40. The lowest BCUT2D eigenvalue weighted by atomic mass is 9.97.